The zero-order valence-electron chi connectivity index (χ0n) is 19.8. The Kier molecular flexibility index (Phi) is 5.86. The minimum absolute atomic E-state index is 0.113. The van der Waals surface area contributed by atoms with Gasteiger partial charge in [-0.1, -0.05) is 60.7 Å². The Labute approximate surface area is 204 Å². The number of carbonyl (C=O) groups excluding carboxylic acids is 2. The molecule has 178 valence electrons. The molecular formula is C28H28N4O3. The molecule has 0 bridgehead atoms. The van der Waals surface area contributed by atoms with E-state index < -0.39 is 17.7 Å². The summed E-state index contributed by atoms with van der Waals surface area (Å²) in [6.07, 6.45) is 1.05. The molecule has 5 rings (SSSR count). The third kappa shape index (κ3) is 4.19. The van der Waals surface area contributed by atoms with Crippen LogP contribution in [-0.2, 0) is 23.3 Å². The number of β-amino-alcohol motifs (C(OH)–C–C–N with tert-alkyl or cyclic N) is 1. The van der Waals surface area contributed by atoms with Crippen molar-refractivity contribution < 1.29 is 14.7 Å². The predicted molar refractivity (Wildman–Crippen MR) is 134 cm³/mol. The minimum atomic E-state index is -1.23. The van der Waals surface area contributed by atoms with Gasteiger partial charge in [0, 0.05) is 6.42 Å². The number of nitrogens with one attached hydrogen (secondary N) is 1. The van der Waals surface area contributed by atoms with Gasteiger partial charge < -0.3 is 15.0 Å². The maximum Gasteiger partial charge on any atom is 0.325 e. The monoisotopic (exact) mass is 468 g/mol. The molecule has 3 amide bonds. The van der Waals surface area contributed by atoms with Crippen LogP contribution in [-0.4, -0.2) is 44.1 Å². The van der Waals surface area contributed by atoms with Gasteiger partial charge in [0.15, 0.2) is 5.54 Å². The van der Waals surface area contributed by atoms with Crippen LogP contribution < -0.4 is 5.32 Å². The van der Waals surface area contributed by atoms with Gasteiger partial charge in [-0.25, -0.2) is 9.78 Å². The summed E-state index contributed by atoms with van der Waals surface area (Å²) in [6.45, 7) is 4.17. The maximum atomic E-state index is 13.8. The molecule has 0 saturated carbocycles. The van der Waals surface area contributed by atoms with Crippen molar-refractivity contribution in [3.05, 3.63) is 101 Å². The molecule has 1 aliphatic rings. The number of carbonyl (C=O) groups is 2. The third-order valence-corrected chi connectivity index (χ3v) is 6.79. The molecule has 7 heteroatoms. The van der Waals surface area contributed by atoms with Crippen LogP contribution in [0.2, 0.25) is 0 Å². The van der Waals surface area contributed by atoms with Crippen molar-refractivity contribution in [1.29, 1.82) is 0 Å². The number of amides is 3. The van der Waals surface area contributed by atoms with Crippen molar-refractivity contribution in [2.24, 2.45) is 0 Å². The van der Waals surface area contributed by atoms with Gasteiger partial charge in [-0.15, -0.1) is 0 Å². The number of benzene rings is 3. The first-order valence-corrected chi connectivity index (χ1v) is 11.7. The molecule has 1 fully saturated rings. The van der Waals surface area contributed by atoms with Crippen LogP contribution in [0.3, 0.4) is 0 Å². The van der Waals surface area contributed by atoms with E-state index in [4.69, 9.17) is 0 Å². The standard InChI is InChI=1S/C28H28N4O3/c1-19-13-24-25(14-20(19)2)31(18-29-24)16-23(33)17-32-26(34)28(30-27(32)35,22-11-7-4-8-12-22)15-21-9-5-3-6-10-21/h3-14,18,23,33H,15-17H2,1-2H3,(H,30,35). The summed E-state index contributed by atoms with van der Waals surface area (Å²) in [7, 11) is 0. The number of hydrogen-bond donors (Lipinski definition) is 2. The lowest BCUT2D eigenvalue weighted by Crippen LogP contribution is -2.46. The second kappa shape index (κ2) is 9.00. The molecular weight excluding hydrogens is 440 g/mol. The van der Waals surface area contributed by atoms with E-state index in [1.54, 1.807) is 6.33 Å². The molecule has 4 aromatic rings. The van der Waals surface area contributed by atoms with Crippen LogP contribution in [0.25, 0.3) is 11.0 Å². The summed E-state index contributed by atoms with van der Waals surface area (Å²) >= 11 is 0. The average molecular weight is 469 g/mol. The molecule has 0 spiro atoms. The van der Waals surface area contributed by atoms with Crippen molar-refractivity contribution in [3.8, 4) is 0 Å². The number of aryl methyl sites for hydroxylation is 2. The van der Waals surface area contributed by atoms with Crippen LogP contribution in [0.5, 0.6) is 0 Å². The van der Waals surface area contributed by atoms with Gasteiger partial charge in [0.25, 0.3) is 5.91 Å². The Hall–Kier alpha value is -3.97. The predicted octanol–water partition coefficient (Wildman–Crippen LogP) is 3.70. The van der Waals surface area contributed by atoms with Gasteiger partial charge in [0.1, 0.15) is 0 Å². The smallest absolute Gasteiger partial charge is 0.325 e. The number of imide groups is 1. The van der Waals surface area contributed by atoms with Gasteiger partial charge in [0.05, 0.1) is 36.6 Å². The summed E-state index contributed by atoms with van der Waals surface area (Å²) in [5, 5.41) is 13.9. The molecule has 3 aromatic carbocycles. The molecule has 7 nitrogen and oxygen atoms in total. The van der Waals surface area contributed by atoms with Crippen molar-refractivity contribution in [1.82, 2.24) is 19.8 Å². The maximum absolute atomic E-state index is 13.8. The molecule has 35 heavy (non-hydrogen) atoms. The Bertz CT molecular complexity index is 1380. The van der Waals surface area contributed by atoms with Crippen molar-refractivity contribution >= 4 is 23.0 Å². The number of urea groups is 1. The van der Waals surface area contributed by atoms with Gasteiger partial charge in [-0.05, 0) is 48.2 Å². The summed E-state index contributed by atoms with van der Waals surface area (Å²) in [4.78, 5) is 32.4. The Balaban J connectivity index is 1.40. The first-order chi connectivity index (χ1) is 16.9. The average Bonchev–Trinajstić information content (AvgIpc) is 3.34. The van der Waals surface area contributed by atoms with E-state index in [2.05, 4.69) is 10.3 Å². The van der Waals surface area contributed by atoms with Gasteiger partial charge in [-0.2, -0.15) is 0 Å². The molecule has 1 aromatic heterocycles. The van der Waals surface area contributed by atoms with E-state index in [0.717, 1.165) is 32.6 Å². The number of imidazole rings is 1. The fourth-order valence-corrected chi connectivity index (χ4v) is 4.79. The van der Waals surface area contributed by atoms with Crippen LogP contribution in [0, 0.1) is 13.8 Å². The first-order valence-electron chi connectivity index (χ1n) is 11.7. The number of rotatable bonds is 7. The van der Waals surface area contributed by atoms with E-state index in [1.165, 1.54) is 0 Å². The minimum Gasteiger partial charge on any atom is -0.389 e. The van der Waals surface area contributed by atoms with Gasteiger partial charge in [-0.3, -0.25) is 9.69 Å². The number of fused-ring (bicyclic) bond motifs is 1. The first kappa shape index (κ1) is 22.8. The lowest BCUT2D eigenvalue weighted by atomic mass is 9.83. The largest absolute Gasteiger partial charge is 0.389 e. The van der Waals surface area contributed by atoms with E-state index in [-0.39, 0.29) is 19.0 Å². The molecule has 2 unspecified atom stereocenters. The number of aliphatic hydroxyl groups is 1. The highest BCUT2D eigenvalue weighted by Gasteiger charge is 2.52. The summed E-state index contributed by atoms with van der Waals surface area (Å²) < 4.78 is 1.86. The molecule has 2 N–H and O–H groups in total. The van der Waals surface area contributed by atoms with Crippen molar-refractivity contribution in [2.45, 2.75) is 38.5 Å². The summed E-state index contributed by atoms with van der Waals surface area (Å²) in [6, 6.07) is 22.5. The number of nitrogens with zero attached hydrogens (tertiary/aromatic N) is 3. The zero-order valence-corrected chi connectivity index (χ0v) is 19.8. The van der Waals surface area contributed by atoms with Crippen LogP contribution in [0.1, 0.15) is 22.3 Å². The quantitative estimate of drug-likeness (QED) is 0.405. The van der Waals surface area contributed by atoms with Gasteiger partial charge >= 0.3 is 6.03 Å². The normalized spacial score (nSPS) is 18.8. The van der Waals surface area contributed by atoms with Crippen molar-refractivity contribution in [2.75, 3.05) is 6.54 Å². The van der Waals surface area contributed by atoms with E-state index in [1.807, 2.05) is 91.2 Å². The third-order valence-electron chi connectivity index (χ3n) is 6.79. The molecule has 1 aliphatic heterocycles. The second-order valence-electron chi connectivity index (χ2n) is 9.26. The number of aliphatic hydroxyl groups excluding tert-OH is 1. The Morgan fingerprint density at radius 3 is 2.31 bits per heavy atom. The van der Waals surface area contributed by atoms with E-state index >= 15 is 0 Å². The van der Waals surface area contributed by atoms with Gasteiger partial charge in [0.2, 0.25) is 0 Å². The summed E-state index contributed by atoms with van der Waals surface area (Å²) in [5.74, 6) is -0.362. The highest BCUT2D eigenvalue weighted by molar-refractivity contribution is 6.07. The lowest BCUT2D eigenvalue weighted by Gasteiger charge is -2.28. The fourth-order valence-electron chi connectivity index (χ4n) is 4.79. The van der Waals surface area contributed by atoms with E-state index in [0.29, 0.717) is 12.0 Å². The van der Waals surface area contributed by atoms with Crippen LogP contribution in [0.15, 0.2) is 79.1 Å². The zero-order chi connectivity index (χ0) is 24.6. The SMILES string of the molecule is Cc1cc2ncn(CC(O)CN3C(=O)NC(Cc4ccccc4)(c4ccccc4)C3=O)c2cc1C. The number of aromatic nitrogens is 2. The molecule has 1 saturated heterocycles. The van der Waals surface area contributed by atoms with Crippen LogP contribution in [0.4, 0.5) is 4.79 Å². The second-order valence-corrected chi connectivity index (χ2v) is 9.26. The van der Waals surface area contributed by atoms with E-state index in [9.17, 15) is 14.7 Å². The van der Waals surface area contributed by atoms with Crippen molar-refractivity contribution in [3.63, 3.8) is 0 Å². The Morgan fingerprint density at radius 1 is 0.943 bits per heavy atom. The Morgan fingerprint density at radius 2 is 1.60 bits per heavy atom. The highest BCUT2D eigenvalue weighted by Crippen LogP contribution is 2.33. The highest BCUT2D eigenvalue weighted by atomic mass is 16.3. The van der Waals surface area contributed by atoms with Crippen LogP contribution >= 0.6 is 0 Å². The topological polar surface area (TPSA) is 87.5 Å². The fraction of sp³-hybridized carbons (Fsp3) is 0.250. The summed E-state index contributed by atoms with van der Waals surface area (Å²) in [5.41, 5.74) is 4.46. The molecule has 2 atom stereocenters. The number of hydrogen-bond acceptors (Lipinski definition) is 4. The molecule has 0 radical (unpaired) electrons. The molecule has 0 aliphatic carbocycles. The molecule has 2 heterocycles. The lowest BCUT2D eigenvalue weighted by molar-refractivity contribution is -0.132.